The molecule has 98 valence electrons. The van der Waals surface area contributed by atoms with Crippen molar-refractivity contribution in [2.24, 2.45) is 11.7 Å². The monoisotopic (exact) mass is 284 g/mol. The van der Waals surface area contributed by atoms with Crippen LogP contribution in [-0.4, -0.2) is 47.0 Å². The van der Waals surface area contributed by atoms with Crippen molar-refractivity contribution >= 4 is 39.6 Å². The van der Waals surface area contributed by atoms with Gasteiger partial charge < -0.3 is 15.5 Å². The van der Waals surface area contributed by atoms with E-state index in [1.54, 1.807) is 24.5 Å². The molecule has 2 N–H and O–H groups in total. The van der Waals surface area contributed by atoms with Crippen LogP contribution in [0.5, 0.6) is 0 Å². The molecule has 1 aliphatic heterocycles. The smallest absolute Gasteiger partial charge is 0.232 e. The third-order valence-corrected chi connectivity index (χ3v) is 4.26. The van der Waals surface area contributed by atoms with Gasteiger partial charge in [0.25, 0.3) is 0 Å². The Morgan fingerprint density at radius 3 is 2.67 bits per heavy atom. The van der Waals surface area contributed by atoms with Crippen LogP contribution in [0, 0.1) is 5.92 Å². The summed E-state index contributed by atoms with van der Waals surface area (Å²) in [5.74, 6) is -0.340. The molecule has 0 bridgehead atoms. The van der Waals surface area contributed by atoms with Gasteiger partial charge in [-0.1, -0.05) is 12.2 Å². The molecule has 1 unspecified atom stereocenters. The maximum atomic E-state index is 12.1. The molecule has 1 aromatic heterocycles. The van der Waals surface area contributed by atoms with Crippen molar-refractivity contribution in [3.05, 3.63) is 11.6 Å². The van der Waals surface area contributed by atoms with Crippen molar-refractivity contribution in [2.45, 2.75) is 6.92 Å². The Hall–Kier alpha value is -1.21. The van der Waals surface area contributed by atoms with Crippen molar-refractivity contribution in [3.63, 3.8) is 0 Å². The molecule has 1 aliphatic rings. The van der Waals surface area contributed by atoms with E-state index in [4.69, 9.17) is 18.0 Å². The molecule has 2 heterocycles. The minimum Gasteiger partial charge on any atom is -0.393 e. The zero-order chi connectivity index (χ0) is 13.1. The Morgan fingerprint density at radius 2 is 2.17 bits per heavy atom. The lowest BCUT2D eigenvalue weighted by atomic mass is 10.1. The predicted molar refractivity (Wildman–Crippen MR) is 76.9 cm³/mol. The van der Waals surface area contributed by atoms with E-state index < -0.39 is 0 Å². The van der Waals surface area contributed by atoms with E-state index in [1.807, 2.05) is 10.3 Å². The van der Waals surface area contributed by atoms with Crippen LogP contribution < -0.4 is 10.6 Å². The highest BCUT2D eigenvalue weighted by atomic mass is 32.1. The van der Waals surface area contributed by atoms with Crippen molar-refractivity contribution in [1.29, 1.82) is 0 Å². The molecule has 1 aromatic rings. The SMILES string of the molecule is CC(C(=O)N1CCN(c2nccs2)CC1)C(N)=S. The summed E-state index contributed by atoms with van der Waals surface area (Å²) in [5.41, 5.74) is 5.51. The van der Waals surface area contributed by atoms with Gasteiger partial charge >= 0.3 is 0 Å². The minimum absolute atomic E-state index is 0.0290. The Bertz CT molecular complexity index is 426. The van der Waals surface area contributed by atoms with Crippen LogP contribution in [-0.2, 0) is 4.79 Å². The molecule has 7 heteroatoms. The summed E-state index contributed by atoms with van der Waals surface area (Å²) in [7, 11) is 0. The largest absolute Gasteiger partial charge is 0.393 e. The van der Waals surface area contributed by atoms with Crippen LogP contribution in [0.4, 0.5) is 5.13 Å². The number of nitrogens with two attached hydrogens (primary N) is 1. The predicted octanol–water partition coefficient (Wildman–Crippen LogP) is 0.714. The number of carbonyl (C=O) groups is 1. The molecule has 18 heavy (non-hydrogen) atoms. The number of carbonyl (C=O) groups excluding carboxylic acids is 1. The third-order valence-electron chi connectivity index (χ3n) is 3.08. The Labute approximate surface area is 116 Å². The van der Waals surface area contributed by atoms with Crippen molar-refractivity contribution < 1.29 is 4.79 Å². The van der Waals surface area contributed by atoms with Gasteiger partial charge in [-0.15, -0.1) is 11.3 Å². The van der Waals surface area contributed by atoms with Gasteiger partial charge in [-0.25, -0.2) is 4.98 Å². The molecular formula is C11H16N4OS2. The van der Waals surface area contributed by atoms with Gasteiger partial charge in [0.1, 0.15) is 0 Å². The molecule has 1 saturated heterocycles. The summed E-state index contributed by atoms with van der Waals surface area (Å²) in [6.07, 6.45) is 1.80. The number of hydrogen-bond acceptors (Lipinski definition) is 5. The Morgan fingerprint density at radius 1 is 1.50 bits per heavy atom. The van der Waals surface area contributed by atoms with Crippen LogP contribution in [0.3, 0.4) is 0 Å². The van der Waals surface area contributed by atoms with Gasteiger partial charge in [0.15, 0.2) is 5.13 Å². The van der Waals surface area contributed by atoms with Crippen molar-refractivity contribution in [3.8, 4) is 0 Å². The molecular weight excluding hydrogens is 268 g/mol. The van der Waals surface area contributed by atoms with Gasteiger partial charge in [0.05, 0.1) is 10.9 Å². The van der Waals surface area contributed by atoms with Gasteiger partial charge in [-0.2, -0.15) is 0 Å². The number of thiazole rings is 1. The molecule has 1 fully saturated rings. The van der Waals surface area contributed by atoms with E-state index in [2.05, 4.69) is 9.88 Å². The first-order valence-electron chi connectivity index (χ1n) is 5.82. The highest BCUT2D eigenvalue weighted by Crippen LogP contribution is 2.19. The van der Waals surface area contributed by atoms with Gasteiger partial charge in [0.2, 0.25) is 5.91 Å². The lowest BCUT2D eigenvalue weighted by Crippen LogP contribution is -2.51. The van der Waals surface area contributed by atoms with E-state index >= 15 is 0 Å². The number of thiocarbonyl (C=S) groups is 1. The summed E-state index contributed by atoms with van der Waals surface area (Å²) < 4.78 is 0. The fourth-order valence-electron chi connectivity index (χ4n) is 1.89. The molecule has 0 aliphatic carbocycles. The normalized spacial score (nSPS) is 17.6. The van der Waals surface area contributed by atoms with E-state index in [0.717, 1.165) is 18.2 Å². The summed E-state index contributed by atoms with van der Waals surface area (Å²) in [5, 5.41) is 2.98. The summed E-state index contributed by atoms with van der Waals surface area (Å²) in [4.78, 5) is 20.6. The van der Waals surface area contributed by atoms with E-state index in [-0.39, 0.29) is 16.8 Å². The molecule has 5 nitrogen and oxygen atoms in total. The fourth-order valence-corrected chi connectivity index (χ4v) is 2.68. The van der Waals surface area contributed by atoms with E-state index in [9.17, 15) is 4.79 Å². The summed E-state index contributed by atoms with van der Waals surface area (Å²) >= 11 is 6.48. The quantitative estimate of drug-likeness (QED) is 0.829. The zero-order valence-corrected chi connectivity index (χ0v) is 11.8. The topological polar surface area (TPSA) is 62.5 Å². The van der Waals surface area contributed by atoms with Gasteiger partial charge in [-0.05, 0) is 6.92 Å². The average Bonchev–Trinajstić information content (AvgIpc) is 2.91. The standard InChI is InChI=1S/C11H16N4OS2/c1-8(9(12)17)10(16)14-3-5-15(6-4-14)11-13-2-7-18-11/h2,7-8H,3-6H2,1H3,(H2,12,17). The highest BCUT2D eigenvalue weighted by Gasteiger charge is 2.26. The van der Waals surface area contributed by atoms with Crippen LogP contribution >= 0.6 is 23.6 Å². The highest BCUT2D eigenvalue weighted by molar-refractivity contribution is 7.80. The molecule has 0 radical (unpaired) electrons. The molecule has 1 amide bonds. The maximum absolute atomic E-state index is 12.1. The molecule has 0 spiro atoms. The Kier molecular flexibility index (Phi) is 4.13. The summed E-state index contributed by atoms with van der Waals surface area (Å²) in [6.45, 7) is 4.78. The number of aromatic nitrogens is 1. The number of anilines is 1. The van der Waals surface area contributed by atoms with Crippen LogP contribution in [0.1, 0.15) is 6.92 Å². The number of rotatable bonds is 3. The Balaban J connectivity index is 1.90. The second-order valence-electron chi connectivity index (χ2n) is 4.25. The van der Waals surface area contributed by atoms with E-state index in [1.165, 1.54) is 0 Å². The fraction of sp³-hybridized carbons (Fsp3) is 0.545. The first kappa shape index (κ1) is 13.2. The third kappa shape index (κ3) is 2.78. The van der Waals surface area contributed by atoms with Crippen molar-refractivity contribution in [2.75, 3.05) is 31.1 Å². The molecule has 0 saturated carbocycles. The van der Waals surface area contributed by atoms with Gasteiger partial charge in [-0.3, -0.25) is 4.79 Å². The lowest BCUT2D eigenvalue weighted by molar-refractivity contribution is -0.133. The first-order valence-corrected chi connectivity index (χ1v) is 7.11. The lowest BCUT2D eigenvalue weighted by Gasteiger charge is -2.35. The van der Waals surface area contributed by atoms with Crippen LogP contribution in [0.2, 0.25) is 0 Å². The molecule has 0 aromatic carbocycles. The number of nitrogens with zero attached hydrogens (tertiary/aromatic N) is 3. The number of hydrogen-bond donors (Lipinski definition) is 1. The van der Waals surface area contributed by atoms with Crippen LogP contribution in [0.25, 0.3) is 0 Å². The molecule has 1 atom stereocenters. The second kappa shape index (κ2) is 5.62. The number of piperazine rings is 1. The van der Waals surface area contributed by atoms with Crippen LogP contribution in [0.15, 0.2) is 11.6 Å². The first-order chi connectivity index (χ1) is 8.59. The zero-order valence-electron chi connectivity index (χ0n) is 10.2. The second-order valence-corrected chi connectivity index (χ2v) is 5.60. The summed E-state index contributed by atoms with van der Waals surface area (Å²) in [6, 6.07) is 0. The molecule has 2 rings (SSSR count). The van der Waals surface area contributed by atoms with Crippen molar-refractivity contribution in [1.82, 2.24) is 9.88 Å². The van der Waals surface area contributed by atoms with Gasteiger partial charge in [0, 0.05) is 37.8 Å². The average molecular weight is 284 g/mol. The van der Waals surface area contributed by atoms with E-state index in [0.29, 0.717) is 13.1 Å². The minimum atomic E-state index is -0.369. The number of amides is 1. The maximum Gasteiger partial charge on any atom is 0.232 e.